The first kappa shape index (κ1) is 18.7. The van der Waals surface area contributed by atoms with Gasteiger partial charge in [0.2, 0.25) is 0 Å². The van der Waals surface area contributed by atoms with Crippen molar-refractivity contribution in [3.05, 3.63) is 34.9 Å². The second kappa shape index (κ2) is 7.28. The highest BCUT2D eigenvalue weighted by molar-refractivity contribution is 5.92. The highest BCUT2D eigenvalue weighted by Gasteiger charge is 2.32. The fourth-order valence-corrected chi connectivity index (χ4v) is 2.03. The van der Waals surface area contributed by atoms with Crippen LogP contribution < -0.4 is 5.32 Å². The van der Waals surface area contributed by atoms with E-state index in [1.807, 2.05) is 33.8 Å². The molecule has 124 valence electrons. The lowest BCUT2D eigenvalue weighted by molar-refractivity contribution is -0.130. The Kier molecular flexibility index (Phi) is 5.91. The molecule has 0 saturated carbocycles. The van der Waals surface area contributed by atoms with Gasteiger partial charge in [-0.3, -0.25) is 4.79 Å². The smallest absolute Gasteiger partial charge is 0.338 e. The second-order valence-corrected chi connectivity index (χ2v) is 6.38. The minimum absolute atomic E-state index is 0.0706. The highest BCUT2D eigenvalue weighted by Crippen LogP contribution is 2.16. The first-order valence-electron chi connectivity index (χ1n) is 7.61. The van der Waals surface area contributed by atoms with Gasteiger partial charge in [-0.25, -0.2) is 4.79 Å². The molecule has 2 unspecified atom stereocenters. The summed E-state index contributed by atoms with van der Waals surface area (Å²) in [5.74, 6) is -1.11. The van der Waals surface area contributed by atoms with Gasteiger partial charge < -0.3 is 10.1 Å². The first-order valence-corrected chi connectivity index (χ1v) is 7.61. The van der Waals surface area contributed by atoms with E-state index in [2.05, 4.69) is 11.4 Å². The van der Waals surface area contributed by atoms with Crippen LogP contribution in [0, 0.1) is 31.1 Å². The Morgan fingerprint density at radius 3 is 2.13 bits per heavy atom. The van der Waals surface area contributed by atoms with Gasteiger partial charge in [-0.15, -0.1) is 0 Å². The number of benzene rings is 1. The molecule has 5 heteroatoms. The van der Waals surface area contributed by atoms with Crippen LogP contribution in [0.2, 0.25) is 0 Å². The third kappa shape index (κ3) is 4.82. The molecule has 0 aliphatic heterocycles. The molecular formula is C18H24N2O3. The van der Waals surface area contributed by atoms with Crippen molar-refractivity contribution in [1.29, 1.82) is 5.26 Å². The zero-order chi connectivity index (χ0) is 17.8. The quantitative estimate of drug-likeness (QED) is 0.847. The Balaban J connectivity index is 2.79. The lowest BCUT2D eigenvalue weighted by atomic mass is 9.90. The summed E-state index contributed by atoms with van der Waals surface area (Å²) in [6.07, 6.45) is -0.977. The van der Waals surface area contributed by atoms with Crippen LogP contribution in [0.4, 0.5) is 0 Å². The predicted octanol–water partition coefficient (Wildman–Crippen LogP) is 2.90. The maximum absolute atomic E-state index is 12.2. The average Bonchev–Trinajstić information content (AvgIpc) is 2.45. The van der Waals surface area contributed by atoms with E-state index in [1.54, 1.807) is 19.1 Å². The standard InChI is InChI=1S/C18H24N2O3/c1-11(2)18(6,10-19)20-16(21)14(5)23-17(22)15-8-12(3)7-13(4)9-15/h7-9,11,14H,1-6H3,(H,20,21). The van der Waals surface area contributed by atoms with Gasteiger partial charge in [-0.1, -0.05) is 31.0 Å². The molecule has 0 aliphatic carbocycles. The average molecular weight is 316 g/mol. The maximum Gasteiger partial charge on any atom is 0.338 e. The van der Waals surface area contributed by atoms with Gasteiger partial charge in [0.25, 0.3) is 5.91 Å². The number of hydrogen-bond donors (Lipinski definition) is 1. The van der Waals surface area contributed by atoms with E-state index in [0.717, 1.165) is 11.1 Å². The third-order valence-corrected chi connectivity index (χ3v) is 3.88. The zero-order valence-corrected chi connectivity index (χ0v) is 14.6. The summed E-state index contributed by atoms with van der Waals surface area (Å²) in [6.45, 7) is 10.6. The topological polar surface area (TPSA) is 79.2 Å². The van der Waals surface area contributed by atoms with Crippen LogP contribution >= 0.6 is 0 Å². The fraction of sp³-hybridized carbons (Fsp3) is 0.500. The van der Waals surface area contributed by atoms with Crippen LogP contribution in [0.1, 0.15) is 49.2 Å². The van der Waals surface area contributed by atoms with Gasteiger partial charge in [-0.2, -0.15) is 5.26 Å². The number of nitriles is 1. The number of nitrogens with zero attached hydrogens (tertiary/aromatic N) is 1. The van der Waals surface area contributed by atoms with E-state index in [1.165, 1.54) is 6.92 Å². The molecule has 1 N–H and O–H groups in total. The molecule has 1 aromatic carbocycles. The molecule has 0 heterocycles. The molecule has 0 fully saturated rings. The Morgan fingerprint density at radius 1 is 1.17 bits per heavy atom. The molecule has 23 heavy (non-hydrogen) atoms. The van der Waals surface area contributed by atoms with Gasteiger partial charge in [0.05, 0.1) is 11.6 Å². The zero-order valence-electron chi connectivity index (χ0n) is 14.6. The van der Waals surface area contributed by atoms with E-state index in [9.17, 15) is 14.9 Å². The van der Waals surface area contributed by atoms with Crippen LogP contribution in [0.3, 0.4) is 0 Å². The van der Waals surface area contributed by atoms with E-state index >= 15 is 0 Å². The number of esters is 1. The van der Waals surface area contributed by atoms with Gasteiger partial charge in [0.1, 0.15) is 5.54 Å². The van der Waals surface area contributed by atoms with Crippen molar-refractivity contribution in [1.82, 2.24) is 5.32 Å². The van der Waals surface area contributed by atoms with Crippen LogP contribution in [0.15, 0.2) is 18.2 Å². The van der Waals surface area contributed by atoms with Gasteiger partial charge in [-0.05, 0) is 45.7 Å². The van der Waals surface area contributed by atoms with Gasteiger partial charge in [0, 0.05) is 0 Å². The molecule has 1 aromatic rings. The van der Waals surface area contributed by atoms with Gasteiger partial charge in [0.15, 0.2) is 6.10 Å². The van der Waals surface area contributed by atoms with E-state index in [4.69, 9.17) is 4.74 Å². The SMILES string of the molecule is Cc1cc(C)cc(C(=O)OC(C)C(=O)NC(C)(C#N)C(C)C)c1. The summed E-state index contributed by atoms with van der Waals surface area (Å²) in [5.41, 5.74) is 1.31. The maximum atomic E-state index is 12.2. The van der Waals surface area contributed by atoms with Crippen LogP contribution in [0.5, 0.6) is 0 Å². The number of ether oxygens (including phenoxy) is 1. The molecule has 0 saturated heterocycles. The number of amides is 1. The summed E-state index contributed by atoms with van der Waals surface area (Å²) in [7, 11) is 0. The monoisotopic (exact) mass is 316 g/mol. The van der Waals surface area contributed by atoms with Crippen molar-refractivity contribution in [3.63, 3.8) is 0 Å². The second-order valence-electron chi connectivity index (χ2n) is 6.38. The molecule has 2 atom stereocenters. The summed E-state index contributed by atoms with van der Waals surface area (Å²) in [4.78, 5) is 24.3. The Bertz CT molecular complexity index is 626. The number of carbonyl (C=O) groups excluding carboxylic acids is 2. The van der Waals surface area contributed by atoms with Crippen molar-refractivity contribution in [2.75, 3.05) is 0 Å². The molecule has 0 spiro atoms. The summed E-state index contributed by atoms with van der Waals surface area (Å²) in [5, 5.41) is 11.9. The first-order chi connectivity index (χ1) is 10.6. The molecular weight excluding hydrogens is 292 g/mol. The number of aryl methyl sites for hydroxylation is 2. The summed E-state index contributed by atoms with van der Waals surface area (Å²) in [6, 6.07) is 7.47. The lowest BCUT2D eigenvalue weighted by Crippen LogP contribution is -2.52. The highest BCUT2D eigenvalue weighted by atomic mass is 16.5. The number of carbonyl (C=O) groups is 2. The van der Waals surface area contributed by atoms with Crippen molar-refractivity contribution in [2.24, 2.45) is 5.92 Å². The van der Waals surface area contributed by atoms with E-state index < -0.39 is 23.5 Å². The Morgan fingerprint density at radius 2 is 1.70 bits per heavy atom. The summed E-state index contributed by atoms with van der Waals surface area (Å²) >= 11 is 0. The van der Waals surface area contributed by atoms with E-state index in [0.29, 0.717) is 5.56 Å². The van der Waals surface area contributed by atoms with Gasteiger partial charge >= 0.3 is 5.97 Å². The summed E-state index contributed by atoms with van der Waals surface area (Å²) < 4.78 is 5.22. The molecule has 0 bridgehead atoms. The number of rotatable bonds is 5. The molecule has 0 aliphatic rings. The fourth-order valence-electron chi connectivity index (χ4n) is 2.03. The van der Waals surface area contributed by atoms with Crippen molar-refractivity contribution in [2.45, 2.75) is 53.2 Å². The molecule has 1 rings (SSSR count). The van der Waals surface area contributed by atoms with Crippen molar-refractivity contribution in [3.8, 4) is 6.07 Å². The predicted molar refractivity (Wildman–Crippen MR) is 87.8 cm³/mol. The van der Waals surface area contributed by atoms with Crippen molar-refractivity contribution < 1.29 is 14.3 Å². The minimum Gasteiger partial charge on any atom is -0.449 e. The number of hydrogen-bond acceptors (Lipinski definition) is 4. The normalized spacial score (nSPS) is 14.5. The Hall–Kier alpha value is -2.35. The third-order valence-electron chi connectivity index (χ3n) is 3.88. The lowest BCUT2D eigenvalue weighted by Gasteiger charge is -2.28. The van der Waals surface area contributed by atoms with Crippen LogP contribution in [0.25, 0.3) is 0 Å². The van der Waals surface area contributed by atoms with Crippen LogP contribution in [-0.4, -0.2) is 23.5 Å². The Labute approximate surface area is 137 Å². The minimum atomic E-state index is -1.00. The number of nitrogens with one attached hydrogen (secondary N) is 1. The largest absolute Gasteiger partial charge is 0.449 e. The van der Waals surface area contributed by atoms with Crippen molar-refractivity contribution >= 4 is 11.9 Å². The molecule has 0 aromatic heterocycles. The molecule has 1 amide bonds. The molecule has 0 radical (unpaired) electrons. The van der Waals surface area contributed by atoms with Crippen LogP contribution in [-0.2, 0) is 9.53 Å². The van der Waals surface area contributed by atoms with E-state index in [-0.39, 0.29) is 5.92 Å². The molecule has 5 nitrogen and oxygen atoms in total.